The average molecular weight is 255 g/mol. The van der Waals surface area contributed by atoms with Gasteiger partial charge in [0.25, 0.3) is 0 Å². The fourth-order valence-corrected chi connectivity index (χ4v) is 2.02. The number of amides is 2. The van der Waals surface area contributed by atoms with Gasteiger partial charge in [-0.1, -0.05) is 6.92 Å². The van der Waals surface area contributed by atoms with E-state index in [0.29, 0.717) is 25.9 Å². The minimum Gasteiger partial charge on any atom is -0.355 e. The van der Waals surface area contributed by atoms with Crippen molar-refractivity contribution in [2.45, 2.75) is 39.5 Å². The maximum absolute atomic E-state index is 11.9. The lowest BCUT2D eigenvalue weighted by Gasteiger charge is -2.25. The molecule has 1 atom stereocenters. The van der Waals surface area contributed by atoms with E-state index in [1.54, 1.807) is 0 Å². The second-order valence-corrected chi connectivity index (χ2v) is 5.21. The Labute approximate surface area is 109 Å². The Hall–Kier alpha value is -1.10. The topological polar surface area (TPSA) is 75.4 Å². The highest BCUT2D eigenvalue weighted by Gasteiger charge is 2.29. The second kappa shape index (κ2) is 6.73. The summed E-state index contributed by atoms with van der Waals surface area (Å²) < 4.78 is 0. The lowest BCUT2D eigenvalue weighted by molar-refractivity contribution is -0.131. The van der Waals surface area contributed by atoms with Crippen LogP contribution >= 0.6 is 0 Å². The summed E-state index contributed by atoms with van der Waals surface area (Å²) in [6.45, 7) is 6.26. The van der Waals surface area contributed by atoms with Crippen LogP contribution in [0.15, 0.2) is 0 Å². The fraction of sp³-hybridized carbons (Fsp3) is 0.846. The van der Waals surface area contributed by atoms with Gasteiger partial charge in [0, 0.05) is 32.6 Å². The first kappa shape index (κ1) is 15.0. The first-order valence-electron chi connectivity index (χ1n) is 6.79. The van der Waals surface area contributed by atoms with Crippen molar-refractivity contribution in [3.8, 4) is 0 Å². The van der Waals surface area contributed by atoms with Gasteiger partial charge >= 0.3 is 0 Å². The molecule has 0 aromatic rings. The monoisotopic (exact) mass is 255 g/mol. The van der Waals surface area contributed by atoms with E-state index in [1.165, 1.54) is 0 Å². The SMILES string of the molecule is CCC(C)(CN)C(=O)NCCC(=O)N1CCCC1. The number of nitrogens with one attached hydrogen (secondary N) is 1. The first-order chi connectivity index (χ1) is 8.53. The van der Waals surface area contributed by atoms with E-state index in [4.69, 9.17) is 5.73 Å². The summed E-state index contributed by atoms with van der Waals surface area (Å²) >= 11 is 0. The van der Waals surface area contributed by atoms with Crippen LogP contribution in [-0.4, -0.2) is 42.9 Å². The fourth-order valence-electron chi connectivity index (χ4n) is 2.02. The molecule has 18 heavy (non-hydrogen) atoms. The van der Waals surface area contributed by atoms with Gasteiger partial charge in [-0.25, -0.2) is 0 Å². The minimum absolute atomic E-state index is 0.0540. The van der Waals surface area contributed by atoms with Crippen molar-refractivity contribution in [3.05, 3.63) is 0 Å². The maximum Gasteiger partial charge on any atom is 0.227 e. The Kier molecular flexibility index (Phi) is 5.59. The zero-order valence-electron chi connectivity index (χ0n) is 11.5. The van der Waals surface area contributed by atoms with Gasteiger partial charge < -0.3 is 16.0 Å². The molecular weight excluding hydrogens is 230 g/mol. The van der Waals surface area contributed by atoms with E-state index < -0.39 is 5.41 Å². The number of carbonyl (C=O) groups is 2. The van der Waals surface area contributed by atoms with E-state index in [0.717, 1.165) is 25.9 Å². The van der Waals surface area contributed by atoms with Gasteiger partial charge in [-0.2, -0.15) is 0 Å². The predicted molar refractivity (Wildman–Crippen MR) is 70.9 cm³/mol. The van der Waals surface area contributed by atoms with Gasteiger partial charge in [-0.15, -0.1) is 0 Å². The summed E-state index contributed by atoms with van der Waals surface area (Å²) in [6, 6.07) is 0. The summed E-state index contributed by atoms with van der Waals surface area (Å²) in [5.41, 5.74) is 5.10. The van der Waals surface area contributed by atoms with Crippen molar-refractivity contribution in [3.63, 3.8) is 0 Å². The molecule has 0 radical (unpaired) electrons. The number of hydrogen-bond acceptors (Lipinski definition) is 3. The zero-order valence-corrected chi connectivity index (χ0v) is 11.5. The standard InChI is InChI=1S/C13H25N3O2/c1-3-13(2,10-14)12(18)15-7-6-11(17)16-8-4-5-9-16/h3-10,14H2,1-2H3,(H,15,18). The number of nitrogens with two attached hydrogens (primary N) is 1. The van der Waals surface area contributed by atoms with Gasteiger partial charge in [-0.05, 0) is 26.2 Å². The van der Waals surface area contributed by atoms with Crippen LogP contribution in [-0.2, 0) is 9.59 Å². The van der Waals surface area contributed by atoms with E-state index in [1.807, 2.05) is 18.7 Å². The Morgan fingerprint density at radius 2 is 1.94 bits per heavy atom. The molecule has 1 aliphatic heterocycles. The van der Waals surface area contributed by atoms with Crippen LogP contribution in [0.1, 0.15) is 39.5 Å². The molecule has 0 aromatic carbocycles. The van der Waals surface area contributed by atoms with E-state index >= 15 is 0 Å². The van der Waals surface area contributed by atoms with Crippen LogP contribution in [0.4, 0.5) is 0 Å². The number of nitrogens with zero attached hydrogens (tertiary/aromatic N) is 1. The number of rotatable bonds is 6. The summed E-state index contributed by atoms with van der Waals surface area (Å²) in [5, 5.41) is 2.81. The number of hydrogen-bond donors (Lipinski definition) is 2. The van der Waals surface area contributed by atoms with Crippen molar-refractivity contribution < 1.29 is 9.59 Å². The molecule has 1 rings (SSSR count). The largest absolute Gasteiger partial charge is 0.355 e. The molecule has 3 N–H and O–H groups in total. The van der Waals surface area contributed by atoms with Crippen molar-refractivity contribution in [2.24, 2.45) is 11.1 Å². The van der Waals surface area contributed by atoms with Crippen molar-refractivity contribution in [2.75, 3.05) is 26.2 Å². The van der Waals surface area contributed by atoms with Crippen molar-refractivity contribution >= 4 is 11.8 Å². The Morgan fingerprint density at radius 1 is 1.33 bits per heavy atom. The quantitative estimate of drug-likeness (QED) is 0.725. The number of carbonyl (C=O) groups excluding carboxylic acids is 2. The Morgan fingerprint density at radius 3 is 2.44 bits per heavy atom. The first-order valence-corrected chi connectivity index (χ1v) is 6.79. The summed E-state index contributed by atoms with van der Waals surface area (Å²) in [6.07, 6.45) is 3.28. The molecule has 104 valence electrons. The Balaban J connectivity index is 2.28. The van der Waals surface area contributed by atoms with Gasteiger partial charge in [0.05, 0.1) is 5.41 Å². The smallest absolute Gasteiger partial charge is 0.227 e. The lowest BCUT2D eigenvalue weighted by atomic mass is 9.87. The average Bonchev–Trinajstić information content (AvgIpc) is 2.91. The second-order valence-electron chi connectivity index (χ2n) is 5.21. The van der Waals surface area contributed by atoms with Crippen LogP contribution in [0.5, 0.6) is 0 Å². The Bertz CT molecular complexity index is 295. The molecule has 0 aromatic heterocycles. The molecule has 1 aliphatic rings. The van der Waals surface area contributed by atoms with Crippen LogP contribution in [0.2, 0.25) is 0 Å². The highest BCUT2D eigenvalue weighted by atomic mass is 16.2. The minimum atomic E-state index is -0.517. The summed E-state index contributed by atoms with van der Waals surface area (Å²) in [4.78, 5) is 25.5. The summed E-state index contributed by atoms with van der Waals surface area (Å²) in [5.74, 6) is 0.0838. The third-order valence-electron chi connectivity index (χ3n) is 3.86. The van der Waals surface area contributed by atoms with Gasteiger partial charge in [0.2, 0.25) is 11.8 Å². The molecule has 1 fully saturated rings. The highest BCUT2D eigenvalue weighted by Crippen LogP contribution is 2.18. The molecule has 5 heteroatoms. The third-order valence-corrected chi connectivity index (χ3v) is 3.86. The normalized spacial score (nSPS) is 18.5. The molecule has 1 unspecified atom stereocenters. The molecule has 1 heterocycles. The molecule has 5 nitrogen and oxygen atoms in total. The highest BCUT2D eigenvalue weighted by molar-refractivity contribution is 5.83. The molecular formula is C13H25N3O2. The maximum atomic E-state index is 11.9. The molecule has 0 saturated carbocycles. The molecule has 1 saturated heterocycles. The van der Waals surface area contributed by atoms with Gasteiger partial charge in [0.15, 0.2) is 0 Å². The predicted octanol–water partition coefficient (Wildman–Crippen LogP) is 0.490. The van der Waals surface area contributed by atoms with Gasteiger partial charge in [-0.3, -0.25) is 9.59 Å². The molecule has 2 amide bonds. The molecule has 0 aliphatic carbocycles. The van der Waals surface area contributed by atoms with Gasteiger partial charge in [0.1, 0.15) is 0 Å². The molecule has 0 bridgehead atoms. The van der Waals surface area contributed by atoms with E-state index in [9.17, 15) is 9.59 Å². The van der Waals surface area contributed by atoms with Crippen molar-refractivity contribution in [1.29, 1.82) is 0 Å². The third kappa shape index (κ3) is 3.70. The van der Waals surface area contributed by atoms with Crippen LogP contribution in [0.25, 0.3) is 0 Å². The van der Waals surface area contributed by atoms with Crippen molar-refractivity contribution in [1.82, 2.24) is 10.2 Å². The van der Waals surface area contributed by atoms with Crippen LogP contribution < -0.4 is 11.1 Å². The van der Waals surface area contributed by atoms with E-state index in [-0.39, 0.29) is 11.8 Å². The molecule has 0 spiro atoms. The van der Waals surface area contributed by atoms with E-state index in [2.05, 4.69) is 5.32 Å². The lowest BCUT2D eigenvalue weighted by Crippen LogP contribution is -2.44. The van der Waals surface area contributed by atoms with Crippen LogP contribution in [0.3, 0.4) is 0 Å². The van der Waals surface area contributed by atoms with Crippen LogP contribution in [0, 0.1) is 5.41 Å². The zero-order chi connectivity index (χ0) is 13.6. The summed E-state index contributed by atoms with van der Waals surface area (Å²) in [7, 11) is 0. The number of likely N-dealkylation sites (tertiary alicyclic amines) is 1.